The zero-order valence-electron chi connectivity index (χ0n) is 24.4. The van der Waals surface area contributed by atoms with Crippen molar-refractivity contribution in [2.75, 3.05) is 19.8 Å². The summed E-state index contributed by atoms with van der Waals surface area (Å²) in [7, 11) is 0. The van der Waals surface area contributed by atoms with Gasteiger partial charge in [0, 0.05) is 6.04 Å². The van der Waals surface area contributed by atoms with E-state index in [1.165, 1.54) is 44.9 Å². The summed E-state index contributed by atoms with van der Waals surface area (Å²) in [4.78, 5) is 41.3. The summed E-state index contributed by atoms with van der Waals surface area (Å²) in [6.07, 6.45) is 17.2. The number of fused-ring (bicyclic) bond motifs is 1. The summed E-state index contributed by atoms with van der Waals surface area (Å²) in [5, 5.41) is 3.39. The van der Waals surface area contributed by atoms with Crippen LogP contribution in [-0.2, 0) is 23.9 Å². The number of carbonyl (C=O) groups is 3. The van der Waals surface area contributed by atoms with Gasteiger partial charge in [-0.05, 0) is 77.2 Å². The van der Waals surface area contributed by atoms with Crippen LogP contribution in [0.3, 0.4) is 0 Å². The molecule has 5 atom stereocenters. The first kappa shape index (κ1) is 30.9. The predicted octanol–water partition coefficient (Wildman–Crippen LogP) is 5.79. The SMILES string of the molecule is CCCCCCCCOC(=O)[C@@H]1C[C@@H]2CCC[C@@H]2N1C(=O)[C@H](C)NCCC(C(=O)OCC)C1CCCCC1. The van der Waals surface area contributed by atoms with Crippen molar-refractivity contribution in [1.29, 1.82) is 0 Å². The molecule has 1 aliphatic heterocycles. The fourth-order valence-corrected chi connectivity index (χ4v) is 7.07. The molecule has 3 fully saturated rings. The molecule has 1 N–H and O–H groups in total. The maximum Gasteiger partial charge on any atom is 0.328 e. The van der Waals surface area contributed by atoms with E-state index < -0.39 is 12.1 Å². The van der Waals surface area contributed by atoms with Gasteiger partial charge in [-0.15, -0.1) is 0 Å². The molecular formula is C31H54N2O5. The standard InChI is InChI=1S/C31H54N2O5/c1-4-6-7-8-9-13-21-38-31(36)28-22-25-17-14-18-27(25)33(28)29(34)23(3)32-20-19-26(30(35)37-5-2)24-15-11-10-12-16-24/h23-28,32H,4-22H2,1-3H3/t23-,25-,26?,27-,28-/m0/s1. The molecule has 0 spiro atoms. The maximum atomic E-state index is 13.7. The highest BCUT2D eigenvalue weighted by Crippen LogP contribution is 2.42. The molecule has 3 rings (SSSR count). The maximum absolute atomic E-state index is 13.7. The molecule has 3 aliphatic rings. The van der Waals surface area contributed by atoms with Crippen LogP contribution < -0.4 is 5.32 Å². The minimum Gasteiger partial charge on any atom is -0.466 e. The molecule has 2 aliphatic carbocycles. The number of carbonyl (C=O) groups excluding carboxylic acids is 3. The van der Waals surface area contributed by atoms with Crippen LogP contribution in [0.5, 0.6) is 0 Å². The normalized spacial score (nSPS) is 25.1. The lowest BCUT2D eigenvalue weighted by atomic mass is 9.78. The van der Waals surface area contributed by atoms with E-state index in [2.05, 4.69) is 12.2 Å². The van der Waals surface area contributed by atoms with Crippen molar-refractivity contribution in [3.8, 4) is 0 Å². The van der Waals surface area contributed by atoms with Crippen molar-refractivity contribution in [3.05, 3.63) is 0 Å². The van der Waals surface area contributed by atoms with Crippen molar-refractivity contribution in [3.63, 3.8) is 0 Å². The number of esters is 2. The highest BCUT2D eigenvalue weighted by molar-refractivity contribution is 5.88. The molecule has 38 heavy (non-hydrogen) atoms. The van der Waals surface area contributed by atoms with E-state index in [1.807, 2.05) is 18.7 Å². The molecule has 0 radical (unpaired) electrons. The van der Waals surface area contributed by atoms with Crippen molar-refractivity contribution in [1.82, 2.24) is 10.2 Å². The average Bonchev–Trinajstić information content (AvgIpc) is 3.52. The quantitative estimate of drug-likeness (QED) is 0.199. The zero-order valence-corrected chi connectivity index (χ0v) is 24.4. The van der Waals surface area contributed by atoms with Crippen LogP contribution in [0.4, 0.5) is 0 Å². The molecule has 0 aromatic carbocycles. The van der Waals surface area contributed by atoms with Gasteiger partial charge in [-0.3, -0.25) is 9.59 Å². The number of nitrogens with one attached hydrogen (secondary N) is 1. The average molecular weight is 535 g/mol. The number of hydrogen-bond acceptors (Lipinski definition) is 6. The number of nitrogens with zero attached hydrogens (tertiary/aromatic N) is 1. The topological polar surface area (TPSA) is 84.9 Å². The lowest BCUT2D eigenvalue weighted by Crippen LogP contribution is -2.52. The van der Waals surface area contributed by atoms with Gasteiger partial charge in [0.1, 0.15) is 6.04 Å². The Labute approximate surface area is 231 Å². The summed E-state index contributed by atoms with van der Waals surface area (Å²) in [5.74, 6) is 0.332. The van der Waals surface area contributed by atoms with E-state index in [0.717, 1.165) is 51.4 Å². The second-order valence-electron chi connectivity index (χ2n) is 11.9. The van der Waals surface area contributed by atoms with Gasteiger partial charge >= 0.3 is 11.9 Å². The Morgan fingerprint density at radius 3 is 2.37 bits per heavy atom. The molecule has 1 amide bonds. The van der Waals surface area contributed by atoms with Crippen LogP contribution in [-0.4, -0.2) is 60.6 Å². The predicted molar refractivity (Wildman–Crippen MR) is 149 cm³/mol. The fraction of sp³-hybridized carbons (Fsp3) is 0.903. The van der Waals surface area contributed by atoms with Gasteiger partial charge in [0.2, 0.25) is 5.91 Å². The van der Waals surface area contributed by atoms with Gasteiger partial charge in [-0.1, -0.05) is 64.7 Å². The van der Waals surface area contributed by atoms with E-state index >= 15 is 0 Å². The summed E-state index contributed by atoms with van der Waals surface area (Å²) >= 11 is 0. The second kappa shape index (κ2) is 16.5. The minimum absolute atomic E-state index is 0.00809. The Morgan fingerprint density at radius 1 is 0.895 bits per heavy atom. The molecule has 2 saturated carbocycles. The van der Waals surface area contributed by atoms with Gasteiger partial charge < -0.3 is 19.7 Å². The first-order valence-electron chi connectivity index (χ1n) is 15.9. The summed E-state index contributed by atoms with van der Waals surface area (Å²) < 4.78 is 11.1. The molecule has 7 heteroatoms. The van der Waals surface area contributed by atoms with Crippen LogP contribution in [0.15, 0.2) is 0 Å². The van der Waals surface area contributed by atoms with Crippen LogP contribution in [0.25, 0.3) is 0 Å². The van der Waals surface area contributed by atoms with Crippen LogP contribution in [0.2, 0.25) is 0 Å². The van der Waals surface area contributed by atoms with Gasteiger partial charge in [0.15, 0.2) is 0 Å². The number of unbranched alkanes of at least 4 members (excludes halogenated alkanes) is 5. The summed E-state index contributed by atoms with van der Waals surface area (Å²) in [5.41, 5.74) is 0. The lowest BCUT2D eigenvalue weighted by molar-refractivity contribution is -0.155. The molecule has 1 saturated heterocycles. The molecular weight excluding hydrogens is 480 g/mol. The van der Waals surface area contributed by atoms with Crippen LogP contribution in [0, 0.1) is 17.8 Å². The Kier molecular flexibility index (Phi) is 13.4. The molecule has 7 nitrogen and oxygen atoms in total. The number of rotatable bonds is 16. The first-order valence-corrected chi connectivity index (χ1v) is 15.9. The molecule has 218 valence electrons. The Hall–Kier alpha value is -1.63. The smallest absolute Gasteiger partial charge is 0.328 e. The number of hydrogen-bond donors (Lipinski definition) is 1. The first-order chi connectivity index (χ1) is 18.5. The van der Waals surface area contributed by atoms with Crippen molar-refractivity contribution >= 4 is 17.8 Å². The molecule has 1 heterocycles. The number of likely N-dealkylation sites (tertiary alicyclic amines) is 1. The Morgan fingerprint density at radius 2 is 1.63 bits per heavy atom. The minimum atomic E-state index is -0.461. The monoisotopic (exact) mass is 534 g/mol. The van der Waals surface area contributed by atoms with Gasteiger partial charge in [0.25, 0.3) is 0 Å². The van der Waals surface area contributed by atoms with Crippen LogP contribution >= 0.6 is 0 Å². The third-order valence-corrected chi connectivity index (χ3v) is 9.19. The third kappa shape index (κ3) is 8.69. The Balaban J connectivity index is 1.51. The lowest BCUT2D eigenvalue weighted by Gasteiger charge is -2.32. The van der Waals surface area contributed by atoms with Crippen molar-refractivity contribution < 1.29 is 23.9 Å². The second-order valence-corrected chi connectivity index (χ2v) is 11.9. The third-order valence-electron chi connectivity index (χ3n) is 9.19. The summed E-state index contributed by atoms with van der Waals surface area (Å²) in [6, 6.07) is -0.720. The number of amides is 1. The zero-order chi connectivity index (χ0) is 27.3. The van der Waals surface area contributed by atoms with E-state index in [1.54, 1.807) is 0 Å². The number of ether oxygens (including phenoxy) is 2. The highest BCUT2D eigenvalue weighted by atomic mass is 16.5. The van der Waals surface area contributed by atoms with E-state index in [-0.39, 0.29) is 29.8 Å². The molecule has 1 unspecified atom stereocenters. The van der Waals surface area contributed by atoms with Gasteiger partial charge in [-0.2, -0.15) is 0 Å². The molecule has 0 bridgehead atoms. The van der Waals surface area contributed by atoms with E-state index in [0.29, 0.717) is 38.0 Å². The van der Waals surface area contributed by atoms with Crippen molar-refractivity contribution in [2.24, 2.45) is 17.8 Å². The largest absolute Gasteiger partial charge is 0.466 e. The van der Waals surface area contributed by atoms with E-state index in [4.69, 9.17) is 9.47 Å². The van der Waals surface area contributed by atoms with Gasteiger partial charge in [0.05, 0.1) is 25.2 Å². The molecule has 0 aromatic rings. The fourth-order valence-electron chi connectivity index (χ4n) is 7.07. The van der Waals surface area contributed by atoms with E-state index in [9.17, 15) is 14.4 Å². The Bertz CT molecular complexity index is 738. The van der Waals surface area contributed by atoms with Gasteiger partial charge in [-0.25, -0.2) is 4.79 Å². The highest BCUT2D eigenvalue weighted by Gasteiger charge is 2.50. The molecule has 0 aromatic heterocycles. The van der Waals surface area contributed by atoms with Crippen LogP contribution in [0.1, 0.15) is 124 Å². The summed E-state index contributed by atoms with van der Waals surface area (Å²) in [6.45, 7) is 7.39. The van der Waals surface area contributed by atoms with Crippen molar-refractivity contribution in [2.45, 2.75) is 142 Å².